The highest BCUT2D eigenvalue weighted by Gasteiger charge is 2.39. The summed E-state index contributed by atoms with van der Waals surface area (Å²) in [7, 11) is 0. The number of hydrogen-bond donors (Lipinski definition) is 2. The van der Waals surface area contributed by atoms with Crippen LogP contribution in [0.1, 0.15) is 43.2 Å². The number of aryl methyl sites for hydroxylation is 1. The van der Waals surface area contributed by atoms with E-state index in [0.717, 1.165) is 51.1 Å². The molecule has 4 rings (SSSR count). The highest BCUT2D eigenvalue weighted by molar-refractivity contribution is 9.10. The standard InChI is InChI=1S/C24H23BrN2O2/c1-14-8-3-6-11-18(14)27-24(29)21-15(2)26-19-12-7-13-20(28)23(19)22(21)16-9-4-5-10-17(16)25/h3-6,8-11,22,26H,7,12-13H2,1-2H3,(H,27,29). The van der Waals surface area contributed by atoms with Crippen LogP contribution in [0.15, 0.2) is 75.5 Å². The van der Waals surface area contributed by atoms with Crippen LogP contribution < -0.4 is 10.6 Å². The highest BCUT2D eigenvalue weighted by atomic mass is 79.9. The molecule has 0 aromatic heterocycles. The minimum Gasteiger partial charge on any atom is -0.362 e. The molecule has 4 nitrogen and oxygen atoms in total. The van der Waals surface area contributed by atoms with Crippen LogP contribution >= 0.6 is 15.9 Å². The fourth-order valence-electron chi connectivity index (χ4n) is 4.21. The summed E-state index contributed by atoms with van der Waals surface area (Å²) in [6.45, 7) is 3.88. The quantitative estimate of drug-likeness (QED) is 0.660. The molecule has 29 heavy (non-hydrogen) atoms. The number of anilines is 1. The lowest BCUT2D eigenvalue weighted by Crippen LogP contribution is -2.35. The molecular formula is C24H23BrN2O2. The van der Waals surface area contributed by atoms with Crippen molar-refractivity contribution >= 4 is 33.3 Å². The second-order valence-corrected chi connectivity index (χ2v) is 8.41. The largest absolute Gasteiger partial charge is 0.362 e. The van der Waals surface area contributed by atoms with Gasteiger partial charge in [-0.2, -0.15) is 0 Å². The minimum absolute atomic E-state index is 0.119. The van der Waals surface area contributed by atoms with Crippen molar-refractivity contribution in [3.8, 4) is 0 Å². The number of dihydropyridines is 1. The van der Waals surface area contributed by atoms with Crippen LogP contribution in [0.3, 0.4) is 0 Å². The van der Waals surface area contributed by atoms with Gasteiger partial charge < -0.3 is 10.6 Å². The average Bonchev–Trinajstić information content (AvgIpc) is 2.69. The molecule has 2 aliphatic rings. The van der Waals surface area contributed by atoms with Crippen LogP contribution in [0.25, 0.3) is 0 Å². The summed E-state index contributed by atoms with van der Waals surface area (Å²) in [5.74, 6) is -0.457. The smallest absolute Gasteiger partial charge is 0.254 e. The first-order chi connectivity index (χ1) is 14.0. The van der Waals surface area contributed by atoms with Gasteiger partial charge in [0.25, 0.3) is 5.91 Å². The predicted molar refractivity (Wildman–Crippen MR) is 118 cm³/mol. The lowest BCUT2D eigenvalue weighted by atomic mass is 9.75. The normalized spacial score (nSPS) is 19.0. The Bertz CT molecular complexity index is 1070. The fraction of sp³-hybridized carbons (Fsp3) is 0.250. The third-order valence-electron chi connectivity index (χ3n) is 5.63. The van der Waals surface area contributed by atoms with Gasteiger partial charge in [0, 0.05) is 45.0 Å². The van der Waals surface area contributed by atoms with Crippen molar-refractivity contribution < 1.29 is 9.59 Å². The number of nitrogens with one attached hydrogen (secondary N) is 2. The molecule has 0 bridgehead atoms. The number of amides is 1. The Kier molecular flexibility index (Phi) is 5.41. The van der Waals surface area contributed by atoms with Gasteiger partial charge in [-0.3, -0.25) is 9.59 Å². The molecule has 1 aliphatic heterocycles. The highest BCUT2D eigenvalue weighted by Crippen LogP contribution is 2.44. The first-order valence-electron chi connectivity index (χ1n) is 9.83. The van der Waals surface area contributed by atoms with E-state index in [0.29, 0.717) is 12.0 Å². The van der Waals surface area contributed by atoms with Gasteiger partial charge in [-0.15, -0.1) is 0 Å². The zero-order valence-corrected chi connectivity index (χ0v) is 18.1. The van der Waals surface area contributed by atoms with Gasteiger partial charge in [0.2, 0.25) is 0 Å². The van der Waals surface area contributed by atoms with Crippen LogP contribution in [0.5, 0.6) is 0 Å². The lowest BCUT2D eigenvalue weighted by Gasteiger charge is -2.35. The fourth-order valence-corrected chi connectivity index (χ4v) is 4.72. The maximum absolute atomic E-state index is 13.4. The van der Waals surface area contributed by atoms with Crippen molar-refractivity contribution in [2.45, 2.75) is 39.0 Å². The van der Waals surface area contributed by atoms with Crippen molar-refractivity contribution in [3.63, 3.8) is 0 Å². The molecule has 0 saturated heterocycles. The number of halogens is 1. The van der Waals surface area contributed by atoms with E-state index in [2.05, 4.69) is 26.6 Å². The topological polar surface area (TPSA) is 58.2 Å². The molecule has 0 fully saturated rings. The summed E-state index contributed by atoms with van der Waals surface area (Å²) < 4.78 is 0.895. The van der Waals surface area contributed by atoms with E-state index in [1.807, 2.05) is 62.4 Å². The Hall–Kier alpha value is -2.66. The summed E-state index contributed by atoms with van der Waals surface area (Å²) in [6.07, 6.45) is 2.19. The molecular weight excluding hydrogens is 428 g/mol. The maximum Gasteiger partial charge on any atom is 0.254 e. The number of ketones is 1. The SMILES string of the molecule is CC1=C(C(=O)Nc2ccccc2C)C(c2ccccc2Br)C2=C(CCCC2=O)N1. The van der Waals surface area contributed by atoms with Crippen LogP contribution in [-0.2, 0) is 9.59 Å². The molecule has 2 aromatic carbocycles. The Labute approximate surface area is 179 Å². The second-order valence-electron chi connectivity index (χ2n) is 7.56. The van der Waals surface area contributed by atoms with Gasteiger partial charge in [0.05, 0.1) is 0 Å². The zero-order valence-electron chi connectivity index (χ0n) is 16.5. The van der Waals surface area contributed by atoms with Crippen LogP contribution in [0, 0.1) is 6.92 Å². The third-order valence-corrected chi connectivity index (χ3v) is 6.35. The van der Waals surface area contributed by atoms with Crippen LogP contribution in [0.2, 0.25) is 0 Å². The molecule has 1 amide bonds. The number of carbonyl (C=O) groups excluding carboxylic acids is 2. The van der Waals surface area contributed by atoms with E-state index in [9.17, 15) is 9.59 Å². The Morgan fingerprint density at radius 3 is 2.55 bits per heavy atom. The van der Waals surface area contributed by atoms with Crippen molar-refractivity contribution in [3.05, 3.63) is 86.7 Å². The molecule has 0 radical (unpaired) electrons. The molecule has 0 spiro atoms. The van der Waals surface area contributed by atoms with E-state index in [1.54, 1.807) is 0 Å². The molecule has 5 heteroatoms. The van der Waals surface area contributed by atoms with Gasteiger partial charge in [-0.05, 0) is 49.9 Å². The van der Waals surface area contributed by atoms with Crippen molar-refractivity contribution in [2.24, 2.45) is 0 Å². The Morgan fingerprint density at radius 1 is 1.07 bits per heavy atom. The lowest BCUT2D eigenvalue weighted by molar-refractivity contribution is -0.116. The van der Waals surface area contributed by atoms with E-state index in [4.69, 9.17) is 0 Å². The number of benzene rings is 2. The summed E-state index contributed by atoms with van der Waals surface area (Å²) in [5.41, 5.74) is 5.77. The number of carbonyl (C=O) groups is 2. The molecule has 2 aromatic rings. The average molecular weight is 451 g/mol. The molecule has 0 saturated carbocycles. The van der Waals surface area contributed by atoms with Gasteiger partial charge in [-0.1, -0.05) is 52.3 Å². The first-order valence-corrected chi connectivity index (χ1v) is 10.6. The Morgan fingerprint density at radius 2 is 1.79 bits per heavy atom. The molecule has 1 aliphatic carbocycles. The van der Waals surface area contributed by atoms with E-state index >= 15 is 0 Å². The predicted octanol–water partition coefficient (Wildman–Crippen LogP) is 5.36. The Balaban J connectivity index is 1.82. The van der Waals surface area contributed by atoms with Crippen molar-refractivity contribution in [2.75, 3.05) is 5.32 Å². The van der Waals surface area contributed by atoms with Gasteiger partial charge in [0.15, 0.2) is 5.78 Å². The number of hydrogen-bond acceptors (Lipinski definition) is 3. The molecule has 1 unspecified atom stereocenters. The number of para-hydroxylation sites is 1. The number of allylic oxidation sites excluding steroid dienone is 3. The number of Topliss-reactive ketones (excluding diaryl/α,β-unsaturated/α-hetero) is 1. The zero-order chi connectivity index (χ0) is 20.5. The van der Waals surface area contributed by atoms with Gasteiger partial charge in [0.1, 0.15) is 0 Å². The summed E-state index contributed by atoms with van der Waals surface area (Å²) >= 11 is 3.63. The van der Waals surface area contributed by atoms with Gasteiger partial charge in [-0.25, -0.2) is 0 Å². The molecule has 148 valence electrons. The second kappa shape index (κ2) is 7.99. The third kappa shape index (κ3) is 3.67. The maximum atomic E-state index is 13.4. The molecule has 2 N–H and O–H groups in total. The summed E-state index contributed by atoms with van der Waals surface area (Å²) in [6, 6.07) is 15.5. The summed E-state index contributed by atoms with van der Waals surface area (Å²) in [5, 5.41) is 6.42. The van der Waals surface area contributed by atoms with E-state index < -0.39 is 5.92 Å². The van der Waals surface area contributed by atoms with Crippen LogP contribution in [-0.4, -0.2) is 11.7 Å². The van der Waals surface area contributed by atoms with Crippen molar-refractivity contribution in [1.29, 1.82) is 0 Å². The first kappa shape index (κ1) is 19.6. The van der Waals surface area contributed by atoms with E-state index in [1.165, 1.54) is 0 Å². The monoisotopic (exact) mass is 450 g/mol. The molecule has 1 heterocycles. The summed E-state index contributed by atoms with van der Waals surface area (Å²) in [4.78, 5) is 26.4. The number of rotatable bonds is 3. The minimum atomic E-state index is -0.390. The van der Waals surface area contributed by atoms with Crippen molar-refractivity contribution in [1.82, 2.24) is 5.32 Å². The van der Waals surface area contributed by atoms with Gasteiger partial charge >= 0.3 is 0 Å². The van der Waals surface area contributed by atoms with E-state index in [-0.39, 0.29) is 11.7 Å². The molecule has 1 atom stereocenters. The van der Waals surface area contributed by atoms with Crippen LogP contribution in [0.4, 0.5) is 5.69 Å².